The van der Waals surface area contributed by atoms with Gasteiger partial charge in [-0.15, -0.1) is 0 Å². The van der Waals surface area contributed by atoms with Gasteiger partial charge in [-0.1, -0.05) is 18.2 Å². The zero-order valence-corrected chi connectivity index (χ0v) is 11.0. The summed E-state index contributed by atoms with van der Waals surface area (Å²) >= 11 is 0. The minimum atomic E-state index is -0.484. The second-order valence-corrected chi connectivity index (χ2v) is 4.76. The summed E-state index contributed by atoms with van der Waals surface area (Å²) in [5, 5.41) is 0. The summed E-state index contributed by atoms with van der Waals surface area (Å²) in [6.07, 6.45) is 1.65. The van der Waals surface area contributed by atoms with Crippen LogP contribution >= 0.6 is 0 Å². The zero-order valence-electron chi connectivity index (χ0n) is 11.0. The largest absolute Gasteiger partial charge is 0.319 e. The predicted molar refractivity (Wildman–Crippen MR) is 76.7 cm³/mol. The maximum Gasteiger partial charge on any atom is 0.123 e. The topological polar surface area (TPSA) is 51.8 Å². The Labute approximate surface area is 116 Å². The van der Waals surface area contributed by atoms with Crippen LogP contribution in [0.1, 0.15) is 22.9 Å². The third-order valence-electron chi connectivity index (χ3n) is 3.36. The van der Waals surface area contributed by atoms with Crippen LogP contribution in [0.5, 0.6) is 0 Å². The summed E-state index contributed by atoms with van der Waals surface area (Å²) in [5.74, 6) is -0.296. The van der Waals surface area contributed by atoms with E-state index in [0.29, 0.717) is 5.69 Å². The molecule has 1 atom stereocenters. The second-order valence-electron chi connectivity index (χ2n) is 4.76. The minimum absolute atomic E-state index is 0.296. The van der Waals surface area contributed by atoms with Gasteiger partial charge < -0.3 is 5.73 Å². The van der Waals surface area contributed by atoms with E-state index < -0.39 is 6.04 Å². The highest BCUT2D eigenvalue weighted by Gasteiger charge is 2.14. The normalized spacial score (nSPS) is 12.6. The molecule has 0 aliphatic carbocycles. The van der Waals surface area contributed by atoms with Gasteiger partial charge in [0.2, 0.25) is 0 Å². The van der Waals surface area contributed by atoms with Gasteiger partial charge in [-0.05, 0) is 42.3 Å². The summed E-state index contributed by atoms with van der Waals surface area (Å²) in [6.45, 7) is 1.91. The molecule has 1 unspecified atom stereocenters. The molecule has 4 heteroatoms. The molecule has 0 radical (unpaired) electrons. The number of nitrogens with two attached hydrogens (primary N) is 1. The van der Waals surface area contributed by atoms with Crippen molar-refractivity contribution < 1.29 is 4.39 Å². The highest BCUT2D eigenvalue weighted by atomic mass is 19.1. The van der Waals surface area contributed by atoms with Gasteiger partial charge >= 0.3 is 0 Å². The van der Waals surface area contributed by atoms with Crippen molar-refractivity contribution in [1.29, 1.82) is 0 Å². The van der Waals surface area contributed by atoms with Gasteiger partial charge in [0, 0.05) is 0 Å². The standard InChI is InChI=1S/C16H14FN3/c1-10-6-7-11(17)8-12(10)16(18)15-9-19-13-4-2-3-5-14(13)20-15/h2-9,16H,18H2,1H3. The minimum Gasteiger partial charge on any atom is -0.319 e. The summed E-state index contributed by atoms with van der Waals surface area (Å²) < 4.78 is 13.4. The van der Waals surface area contributed by atoms with E-state index in [9.17, 15) is 4.39 Å². The highest BCUT2D eigenvalue weighted by Crippen LogP contribution is 2.23. The molecule has 0 saturated heterocycles. The number of hydrogen-bond acceptors (Lipinski definition) is 3. The Morgan fingerprint density at radius 3 is 2.65 bits per heavy atom. The van der Waals surface area contributed by atoms with Crippen LogP contribution < -0.4 is 5.73 Å². The van der Waals surface area contributed by atoms with Gasteiger partial charge in [0.15, 0.2) is 0 Å². The van der Waals surface area contributed by atoms with Crippen LogP contribution in [0.4, 0.5) is 4.39 Å². The maximum atomic E-state index is 13.4. The lowest BCUT2D eigenvalue weighted by molar-refractivity contribution is 0.622. The molecule has 3 rings (SSSR count). The molecule has 3 aromatic rings. The molecule has 20 heavy (non-hydrogen) atoms. The van der Waals surface area contributed by atoms with Crippen molar-refractivity contribution in [3.63, 3.8) is 0 Å². The number of aryl methyl sites for hydroxylation is 1. The molecule has 3 nitrogen and oxygen atoms in total. The van der Waals surface area contributed by atoms with Crippen LogP contribution in [0.3, 0.4) is 0 Å². The first kappa shape index (κ1) is 12.7. The predicted octanol–water partition coefficient (Wildman–Crippen LogP) is 3.13. The number of nitrogens with zero attached hydrogens (tertiary/aromatic N) is 2. The first-order valence-corrected chi connectivity index (χ1v) is 6.38. The van der Waals surface area contributed by atoms with Crippen LogP contribution in [-0.2, 0) is 0 Å². The fourth-order valence-corrected chi connectivity index (χ4v) is 2.23. The Kier molecular flexibility index (Phi) is 3.16. The lowest BCUT2D eigenvalue weighted by atomic mass is 9.99. The monoisotopic (exact) mass is 267 g/mol. The van der Waals surface area contributed by atoms with Crippen molar-refractivity contribution in [2.75, 3.05) is 0 Å². The number of fused-ring (bicyclic) bond motifs is 1. The molecule has 1 aromatic heterocycles. The quantitative estimate of drug-likeness (QED) is 0.776. The van der Waals surface area contributed by atoms with Gasteiger partial charge in [0.25, 0.3) is 0 Å². The fraction of sp³-hybridized carbons (Fsp3) is 0.125. The molecule has 100 valence electrons. The van der Waals surface area contributed by atoms with Gasteiger partial charge in [-0.3, -0.25) is 4.98 Å². The molecule has 0 fully saturated rings. The number of rotatable bonds is 2. The van der Waals surface area contributed by atoms with Crippen molar-refractivity contribution >= 4 is 11.0 Å². The lowest BCUT2D eigenvalue weighted by Crippen LogP contribution is -2.15. The summed E-state index contributed by atoms with van der Waals surface area (Å²) in [5.41, 5.74) is 10.1. The van der Waals surface area contributed by atoms with E-state index in [1.807, 2.05) is 31.2 Å². The molecule has 0 spiro atoms. The van der Waals surface area contributed by atoms with Crippen molar-refractivity contribution in [2.45, 2.75) is 13.0 Å². The van der Waals surface area contributed by atoms with Crippen molar-refractivity contribution in [3.05, 3.63) is 71.3 Å². The van der Waals surface area contributed by atoms with Gasteiger partial charge in [0.05, 0.1) is 29.0 Å². The van der Waals surface area contributed by atoms with E-state index in [2.05, 4.69) is 9.97 Å². The Morgan fingerprint density at radius 1 is 1.10 bits per heavy atom. The van der Waals surface area contributed by atoms with E-state index in [1.54, 1.807) is 12.3 Å². The zero-order chi connectivity index (χ0) is 14.1. The van der Waals surface area contributed by atoms with Gasteiger partial charge in [-0.25, -0.2) is 9.37 Å². The van der Waals surface area contributed by atoms with Crippen LogP contribution in [0.25, 0.3) is 11.0 Å². The third-order valence-corrected chi connectivity index (χ3v) is 3.36. The number of aromatic nitrogens is 2. The Hall–Kier alpha value is -2.33. The van der Waals surface area contributed by atoms with E-state index in [1.165, 1.54) is 12.1 Å². The van der Waals surface area contributed by atoms with Gasteiger partial charge in [-0.2, -0.15) is 0 Å². The molecule has 2 aromatic carbocycles. The number of hydrogen-bond donors (Lipinski definition) is 1. The van der Waals surface area contributed by atoms with E-state index in [-0.39, 0.29) is 5.82 Å². The Balaban J connectivity index is 2.07. The molecule has 0 amide bonds. The highest BCUT2D eigenvalue weighted by molar-refractivity contribution is 5.73. The molecule has 0 aliphatic rings. The molecule has 0 bridgehead atoms. The van der Waals surface area contributed by atoms with Gasteiger partial charge in [0.1, 0.15) is 5.82 Å². The molecule has 0 aliphatic heterocycles. The lowest BCUT2D eigenvalue weighted by Gasteiger charge is -2.14. The number of para-hydroxylation sites is 2. The maximum absolute atomic E-state index is 13.4. The van der Waals surface area contributed by atoms with Crippen molar-refractivity contribution in [3.8, 4) is 0 Å². The fourth-order valence-electron chi connectivity index (χ4n) is 2.23. The summed E-state index contributed by atoms with van der Waals surface area (Å²) in [6, 6.07) is 11.7. The van der Waals surface area contributed by atoms with E-state index >= 15 is 0 Å². The Bertz CT molecular complexity index is 771. The summed E-state index contributed by atoms with van der Waals surface area (Å²) in [7, 11) is 0. The first-order chi connectivity index (χ1) is 9.65. The molecule has 2 N–H and O–H groups in total. The molecule has 0 saturated carbocycles. The van der Waals surface area contributed by atoms with Crippen LogP contribution in [-0.4, -0.2) is 9.97 Å². The Morgan fingerprint density at radius 2 is 1.85 bits per heavy atom. The average Bonchev–Trinajstić information content (AvgIpc) is 2.48. The van der Waals surface area contributed by atoms with Crippen LogP contribution in [0, 0.1) is 12.7 Å². The average molecular weight is 267 g/mol. The van der Waals surface area contributed by atoms with Crippen molar-refractivity contribution in [1.82, 2.24) is 9.97 Å². The SMILES string of the molecule is Cc1ccc(F)cc1C(N)c1cnc2ccccc2n1. The smallest absolute Gasteiger partial charge is 0.123 e. The third kappa shape index (κ3) is 2.26. The van der Waals surface area contributed by atoms with E-state index in [0.717, 1.165) is 22.2 Å². The second kappa shape index (κ2) is 4.98. The molecular formula is C16H14FN3. The molecular weight excluding hydrogens is 253 g/mol. The van der Waals surface area contributed by atoms with Crippen molar-refractivity contribution in [2.24, 2.45) is 5.73 Å². The summed E-state index contributed by atoms with van der Waals surface area (Å²) in [4.78, 5) is 8.86. The number of halogens is 1. The first-order valence-electron chi connectivity index (χ1n) is 6.38. The number of benzene rings is 2. The van der Waals surface area contributed by atoms with Crippen LogP contribution in [0.2, 0.25) is 0 Å². The van der Waals surface area contributed by atoms with Crippen LogP contribution in [0.15, 0.2) is 48.7 Å². The molecule has 1 heterocycles. The van der Waals surface area contributed by atoms with E-state index in [4.69, 9.17) is 5.73 Å².